The summed E-state index contributed by atoms with van der Waals surface area (Å²) >= 11 is 1.58. The van der Waals surface area contributed by atoms with Crippen molar-refractivity contribution >= 4 is 23.4 Å². The van der Waals surface area contributed by atoms with Crippen molar-refractivity contribution in [2.24, 2.45) is 0 Å². The maximum absolute atomic E-state index is 12.1. The van der Waals surface area contributed by atoms with E-state index in [4.69, 9.17) is 9.47 Å². The first-order valence-corrected chi connectivity index (χ1v) is 9.33. The van der Waals surface area contributed by atoms with Gasteiger partial charge < -0.3 is 14.4 Å². The van der Waals surface area contributed by atoms with Crippen LogP contribution in [0.4, 0.5) is 4.79 Å². The molecule has 0 N–H and O–H groups in total. The highest BCUT2D eigenvalue weighted by Gasteiger charge is 2.30. The highest BCUT2D eigenvalue weighted by atomic mass is 32.1. The topological polar surface area (TPSA) is 55.8 Å². The molecule has 0 saturated carbocycles. The highest BCUT2D eigenvalue weighted by Crippen LogP contribution is 2.34. The Kier molecular flexibility index (Phi) is 7.73. The summed E-state index contributed by atoms with van der Waals surface area (Å²) in [6, 6.07) is 1.81. The molecule has 0 aromatic carbocycles. The van der Waals surface area contributed by atoms with E-state index in [1.54, 1.807) is 16.2 Å². The first-order chi connectivity index (χ1) is 11.3. The predicted molar refractivity (Wildman–Crippen MR) is 96.8 cm³/mol. The molecular formula is C18H29NO4S. The van der Waals surface area contributed by atoms with Gasteiger partial charge >= 0.3 is 12.1 Å². The van der Waals surface area contributed by atoms with E-state index in [1.165, 1.54) is 7.11 Å². The van der Waals surface area contributed by atoms with Crippen LogP contribution in [0.15, 0.2) is 11.4 Å². The van der Waals surface area contributed by atoms with Gasteiger partial charge in [-0.2, -0.15) is 0 Å². The smallest absolute Gasteiger partial charge is 0.410 e. The van der Waals surface area contributed by atoms with Crippen molar-refractivity contribution in [2.45, 2.75) is 59.0 Å². The van der Waals surface area contributed by atoms with E-state index in [2.05, 4.69) is 0 Å². The van der Waals surface area contributed by atoms with Gasteiger partial charge in [0.25, 0.3) is 0 Å². The first-order valence-electron chi connectivity index (χ1n) is 8.45. The van der Waals surface area contributed by atoms with E-state index in [9.17, 15) is 9.59 Å². The summed E-state index contributed by atoms with van der Waals surface area (Å²) in [6.45, 7) is 10.9. The third-order valence-corrected chi connectivity index (χ3v) is 4.70. The molecule has 0 radical (unpaired) electrons. The monoisotopic (exact) mass is 355 g/mol. The zero-order valence-corrected chi connectivity index (χ0v) is 16.4. The lowest BCUT2D eigenvalue weighted by Gasteiger charge is -2.33. The fourth-order valence-electron chi connectivity index (χ4n) is 2.57. The summed E-state index contributed by atoms with van der Waals surface area (Å²) < 4.78 is 10.2. The van der Waals surface area contributed by atoms with Gasteiger partial charge in [-0.3, -0.25) is 0 Å². The summed E-state index contributed by atoms with van der Waals surface area (Å²) in [7, 11) is 1.40. The number of carbonyl (C=O) groups excluding carboxylic acids is 2. The molecule has 6 heteroatoms. The maximum Gasteiger partial charge on any atom is 0.410 e. The Morgan fingerprint density at radius 1 is 1.21 bits per heavy atom. The van der Waals surface area contributed by atoms with Crippen LogP contribution in [0.1, 0.15) is 68.6 Å². The molecule has 1 aliphatic heterocycles. The second-order valence-corrected chi connectivity index (χ2v) is 7.38. The molecule has 1 aromatic heterocycles. The Hall–Kier alpha value is -1.56. The lowest BCUT2D eigenvalue weighted by Crippen LogP contribution is -2.41. The van der Waals surface area contributed by atoms with Crippen LogP contribution in [0.25, 0.3) is 0 Å². The zero-order valence-electron chi connectivity index (χ0n) is 15.5. The standard InChI is InChI=1S/C16H23NO4S.C2H6/c1-16(2,3)21-15(19)17-8-5-11(6-9-17)13-12(7-10-22-13)14(18)20-4;1-2/h7,10-11H,5-6,8-9H2,1-4H3;1-2H3. The summed E-state index contributed by atoms with van der Waals surface area (Å²) in [5, 5.41) is 1.92. The number of likely N-dealkylation sites (tertiary alicyclic amines) is 1. The number of nitrogens with zero attached hydrogens (tertiary/aromatic N) is 1. The van der Waals surface area contributed by atoms with E-state index in [0.29, 0.717) is 24.6 Å². The molecule has 2 heterocycles. The van der Waals surface area contributed by atoms with Crippen LogP contribution >= 0.6 is 11.3 Å². The molecule has 1 fully saturated rings. The van der Waals surface area contributed by atoms with E-state index >= 15 is 0 Å². The van der Waals surface area contributed by atoms with Crippen LogP contribution in [0.3, 0.4) is 0 Å². The van der Waals surface area contributed by atoms with Gasteiger partial charge in [-0.15, -0.1) is 11.3 Å². The molecule has 0 aliphatic carbocycles. The van der Waals surface area contributed by atoms with Crippen molar-refractivity contribution in [3.8, 4) is 0 Å². The van der Waals surface area contributed by atoms with Crippen molar-refractivity contribution in [1.82, 2.24) is 4.90 Å². The Labute approximate surface area is 148 Å². The van der Waals surface area contributed by atoms with Crippen molar-refractivity contribution in [3.63, 3.8) is 0 Å². The Morgan fingerprint density at radius 3 is 2.29 bits per heavy atom. The molecule has 1 aliphatic rings. The number of carbonyl (C=O) groups is 2. The zero-order chi connectivity index (χ0) is 18.3. The lowest BCUT2D eigenvalue weighted by molar-refractivity contribution is 0.0204. The first kappa shape index (κ1) is 20.5. The second-order valence-electron chi connectivity index (χ2n) is 6.43. The van der Waals surface area contributed by atoms with Crippen LogP contribution in [-0.4, -0.2) is 42.8 Å². The summed E-state index contributed by atoms with van der Waals surface area (Å²) in [6.07, 6.45) is 1.42. The summed E-state index contributed by atoms with van der Waals surface area (Å²) in [5.74, 6) is 0.0126. The number of ether oxygens (including phenoxy) is 2. The third-order valence-electron chi connectivity index (χ3n) is 3.62. The summed E-state index contributed by atoms with van der Waals surface area (Å²) in [5.41, 5.74) is 0.183. The minimum atomic E-state index is -0.472. The number of thiophene rings is 1. The molecule has 0 atom stereocenters. The maximum atomic E-state index is 12.1. The minimum Gasteiger partial charge on any atom is -0.465 e. The predicted octanol–water partition coefficient (Wildman–Crippen LogP) is 4.68. The molecule has 1 amide bonds. The van der Waals surface area contributed by atoms with E-state index in [1.807, 2.05) is 46.1 Å². The van der Waals surface area contributed by atoms with Gasteiger partial charge in [0, 0.05) is 18.0 Å². The largest absolute Gasteiger partial charge is 0.465 e. The van der Waals surface area contributed by atoms with Crippen molar-refractivity contribution in [2.75, 3.05) is 20.2 Å². The van der Waals surface area contributed by atoms with Gasteiger partial charge in [0.1, 0.15) is 5.60 Å². The van der Waals surface area contributed by atoms with Gasteiger partial charge in [-0.1, -0.05) is 13.8 Å². The van der Waals surface area contributed by atoms with Gasteiger partial charge in [0.2, 0.25) is 0 Å². The quantitative estimate of drug-likeness (QED) is 0.723. The van der Waals surface area contributed by atoms with E-state index < -0.39 is 5.60 Å². The molecular weight excluding hydrogens is 326 g/mol. The van der Waals surface area contributed by atoms with Crippen molar-refractivity contribution in [3.05, 3.63) is 21.9 Å². The fraction of sp³-hybridized carbons (Fsp3) is 0.667. The van der Waals surface area contributed by atoms with Crippen LogP contribution in [-0.2, 0) is 9.47 Å². The number of piperidine rings is 1. The van der Waals surface area contributed by atoms with Gasteiger partial charge in [0.15, 0.2) is 0 Å². The van der Waals surface area contributed by atoms with Crippen LogP contribution < -0.4 is 0 Å². The van der Waals surface area contributed by atoms with E-state index in [0.717, 1.165) is 17.7 Å². The van der Waals surface area contributed by atoms with Gasteiger partial charge in [0.05, 0.1) is 12.7 Å². The molecule has 2 rings (SSSR count). The van der Waals surface area contributed by atoms with Gasteiger partial charge in [-0.25, -0.2) is 9.59 Å². The molecule has 0 spiro atoms. The third kappa shape index (κ3) is 5.51. The SMILES string of the molecule is CC.COC(=O)c1ccsc1C1CCN(C(=O)OC(C)(C)C)CC1. The molecule has 24 heavy (non-hydrogen) atoms. The van der Waals surface area contributed by atoms with Gasteiger partial charge in [-0.05, 0) is 51.0 Å². The molecule has 1 aromatic rings. The normalized spacial score (nSPS) is 15.3. The molecule has 136 valence electrons. The van der Waals surface area contributed by atoms with Crippen LogP contribution in [0, 0.1) is 0 Å². The Bertz CT molecular complexity index is 539. The number of amides is 1. The lowest BCUT2D eigenvalue weighted by atomic mass is 9.93. The highest BCUT2D eigenvalue weighted by molar-refractivity contribution is 7.10. The average molecular weight is 356 g/mol. The molecule has 5 nitrogen and oxygen atoms in total. The number of hydrogen-bond donors (Lipinski definition) is 0. The van der Waals surface area contributed by atoms with Crippen molar-refractivity contribution < 1.29 is 19.1 Å². The summed E-state index contributed by atoms with van der Waals surface area (Å²) in [4.78, 5) is 26.6. The van der Waals surface area contributed by atoms with E-state index in [-0.39, 0.29) is 12.1 Å². The number of esters is 1. The number of hydrogen-bond acceptors (Lipinski definition) is 5. The number of methoxy groups -OCH3 is 1. The van der Waals surface area contributed by atoms with Crippen LogP contribution in [0.5, 0.6) is 0 Å². The second kappa shape index (κ2) is 9.06. The molecule has 0 bridgehead atoms. The Balaban J connectivity index is 0.00000139. The average Bonchev–Trinajstić information content (AvgIpc) is 3.04. The number of rotatable bonds is 2. The minimum absolute atomic E-state index is 0.259. The fourth-order valence-corrected chi connectivity index (χ4v) is 3.62. The van der Waals surface area contributed by atoms with Crippen LogP contribution in [0.2, 0.25) is 0 Å². The van der Waals surface area contributed by atoms with Crippen molar-refractivity contribution in [1.29, 1.82) is 0 Å². The molecule has 1 saturated heterocycles. The molecule has 0 unspecified atom stereocenters. The Morgan fingerprint density at radius 2 is 1.79 bits per heavy atom.